The summed E-state index contributed by atoms with van der Waals surface area (Å²) >= 11 is 0. The molecule has 5 aromatic rings. The fourth-order valence-corrected chi connectivity index (χ4v) is 7.75. The van der Waals surface area contributed by atoms with E-state index in [1.807, 2.05) is 0 Å². The molecular formula is C33H32FN9O16S4. The normalized spacial score (nSPS) is 12.5. The molecule has 0 saturated heterocycles. The Morgan fingerprint density at radius 3 is 1.94 bits per heavy atom. The quantitative estimate of drug-likeness (QED) is 0.0329. The minimum Gasteiger partial charge on any atom is -0.506 e. The van der Waals surface area contributed by atoms with Crippen molar-refractivity contribution >= 4 is 91.3 Å². The molecule has 1 heterocycles. The molecule has 0 aliphatic rings. The number of nitrogens with zero attached hydrogens (tertiary/aromatic N) is 7. The highest BCUT2D eigenvalue weighted by atomic mass is 32.2. The first-order chi connectivity index (χ1) is 29.4. The number of benzene rings is 4. The van der Waals surface area contributed by atoms with E-state index in [2.05, 4.69) is 52.6 Å². The molecule has 1 aromatic heterocycles. The number of hydrogen-bond acceptors (Lipinski definition) is 22. The van der Waals surface area contributed by atoms with Crippen LogP contribution in [0.4, 0.5) is 44.7 Å². The minimum atomic E-state index is -5.45. The number of azo groups is 2. The van der Waals surface area contributed by atoms with Crippen molar-refractivity contribution in [3.8, 4) is 23.0 Å². The van der Waals surface area contributed by atoms with E-state index >= 15 is 0 Å². The van der Waals surface area contributed by atoms with E-state index in [1.54, 1.807) is 0 Å². The average Bonchev–Trinajstić information content (AvgIpc) is 3.19. The monoisotopic (exact) mass is 957 g/mol. The second kappa shape index (κ2) is 18.8. The highest BCUT2D eigenvalue weighted by Gasteiger charge is 2.28. The Morgan fingerprint density at radius 1 is 0.730 bits per heavy atom. The van der Waals surface area contributed by atoms with E-state index in [4.69, 9.17) is 14.2 Å². The molecule has 0 atom stereocenters. The number of halogens is 1. The van der Waals surface area contributed by atoms with Crippen LogP contribution in [-0.4, -0.2) is 112 Å². The van der Waals surface area contributed by atoms with Gasteiger partial charge in [0.2, 0.25) is 11.9 Å². The topological polar surface area (TPSA) is 378 Å². The van der Waals surface area contributed by atoms with Gasteiger partial charge in [-0.1, -0.05) is 6.58 Å². The van der Waals surface area contributed by atoms with Gasteiger partial charge in [0, 0.05) is 34.9 Å². The van der Waals surface area contributed by atoms with Gasteiger partial charge in [0.1, 0.15) is 38.3 Å². The number of phenols is 2. The van der Waals surface area contributed by atoms with Crippen molar-refractivity contribution < 1.29 is 76.1 Å². The highest BCUT2D eigenvalue weighted by Crippen LogP contribution is 2.47. The molecule has 0 spiro atoms. The molecule has 0 fully saturated rings. The third kappa shape index (κ3) is 11.7. The van der Waals surface area contributed by atoms with E-state index in [9.17, 15) is 61.9 Å². The van der Waals surface area contributed by atoms with Crippen molar-refractivity contribution in [2.24, 2.45) is 20.5 Å². The SMILES string of the molecule is C=CS(=O)(=O)CCOCCNc1nc(F)nc(Nc2ccc3c(O)c(N=Nc4cc(OC)c(OC)cc4N=Nc4cc(S(=O)(=O)O)ccc4O)c(S(=O)(=O)O)cc3c2S(=O)(=O)O)n1. The van der Waals surface area contributed by atoms with Gasteiger partial charge in [-0.2, -0.15) is 44.6 Å². The van der Waals surface area contributed by atoms with Crippen molar-refractivity contribution in [3.05, 3.63) is 66.6 Å². The summed E-state index contributed by atoms with van der Waals surface area (Å²) in [5, 5.41) is 41.6. The van der Waals surface area contributed by atoms with E-state index in [-0.39, 0.29) is 48.4 Å². The van der Waals surface area contributed by atoms with Crippen LogP contribution in [0.3, 0.4) is 0 Å². The number of hydrogen-bond donors (Lipinski definition) is 7. The van der Waals surface area contributed by atoms with Gasteiger partial charge >= 0.3 is 6.08 Å². The Kier molecular flexibility index (Phi) is 14.2. The summed E-state index contributed by atoms with van der Waals surface area (Å²) in [6.45, 7) is 2.83. The zero-order valence-corrected chi connectivity index (χ0v) is 35.4. The number of methoxy groups -OCH3 is 2. The maximum atomic E-state index is 14.5. The van der Waals surface area contributed by atoms with Crippen LogP contribution in [-0.2, 0) is 44.9 Å². The lowest BCUT2D eigenvalue weighted by molar-refractivity contribution is 0.159. The lowest BCUT2D eigenvalue weighted by Crippen LogP contribution is -2.16. The van der Waals surface area contributed by atoms with Crippen LogP contribution in [0.1, 0.15) is 0 Å². The predicted octanol–water partition coefficient (Wildman–Crippen LogP) is 4.89. The Hall–Kier alpha value is -6.54. The summed E-state index contributed by atoms with van der Waals surface area (Å²) in [5.74, 6) is -3.09. The number of nitrogens with one attached hydrogen (secondary N) is 2. The Bertz CT molecular complexity index is 3140. The first-order valence-electron chi connectivity index (χ1n) is 17.0. The number of anilines is 3. The summed E-state index contributed by atoms with van der Waals surface area (Å²) in [7, 11) is -16.6. The largest absolute Gasteiger partial charge is 0.506 e. The van der Waals surface area contributed by atoms with Crippen LogP contribution in [0.15, 0.2) is 95.7 Å². The summed E-state index contributed by atoms with van der Waals surface area (Å²) in [5.41, 5.74) is -2.64. The van der Waals surface area contributed by atoms with Crippen molar-refractivity contribution in [2.45, 2.75) is 14.7 Å². The van der Waals surface area contributed by atoms with Gasteiger partial charge in [-0.15, -0.1) is 20.5 Å². The first kappa shape index (κ1) is 47.5. The van der Waals surface area contributed by atoms with E-state index in [0.29, 0.717) is 6.07 Å². The van der Waals surface area contributed by atoms with Gasteiger partial charge in [-0.25, -0.2) is 8.42 Å². The number of sulfone groups is 1. The third-order valence-electron chi connectivity index (χ3n) is 8.12. The summed E-state index contributed by atoms with van der Waals surface area (Å²) in [4.78, 5) is 7.76. The van der Waals surface area contributed by atoms with E-state index < -0.39 is 112 Å². The Balaban J connectivity index is 1.57. The van der Waals surface area contributed by atoms with Crippen molar-refractivity contribution in [3.63, 3.8) is 0 Å². The van der Waals surface area contributed by atoms with Gasteiger partial charge in [0.25, 0.3) is 30.4 Å². The fraction of sp³-hybridized carbons (Fsp3) is 0.182. The molecule has 0 amide bonds. The van der Waals surface area contributed by atoms with E-state index in [1.165, 1.54) is 20.3 Å². The van der Waals surface area contributed by atoms with Crippen LogP contribution in [0, 0.1) is 6.08 Å². The molecule has 336 valence electrons. The zero-order chi connectivity index (χ0) is 46.5. The molecular weight excluding hydrogens is 926 g/mol. The Labute approximate surface area is 356 Å². The van der Waals surface area contributed by atoms with Gasteiger partial charge in [0.05, 0.1) is 43.8 Å². The van der Waals surface area contributed by atoms with Gasteiger partial charge < -0.3 is 35.1 Å². The van der Waals surface area contributed by atoms with Gasteiger partial charge in [0.15, 0.2) is 27.1 Å². The molecule has 0 unspecified atom stereocenters. The van der Waals surface area contributed by atoms with Gasteiger partial charge in [-0.3, -0.25) is 13.7 Å². The molecule has 4 aromatic carbocycles. The fourth-order valence-electron chi connectivity index (χ4n) is 5.24. The smallest absolute Gasteiger partial charge is 0.315 e. The Morgan fingerprint density at radius 2 is 1.35 bits per heavy atom. The number of ether oxygens (including phenoxy) is 3. The molecule has 5 rings (SSSR count). The average molecular weight is 958 g/mol. The summed E-state index contributed by atoms with van der Waals surface area (Å²) < 4.78 is 158. The van der Waals surface area contributed by atoms with Crippen molar-refractivity contribution in [1.82, 2.24) is 15.0 Å². The number of fused-ring (bicyclic) bond motifs is 1. The minimum absolute atomic E-state index is 0.0124. The van der Waals surface area contributed by atoms with Crippen LogP contribution in [0.25, 0.3) is 10.8 Å². The molecule has 0 radical (unpaired) electrons. The van der Waals surface area contributed by atoms with Crippen LogP contribution >= 0.6 is 0 Å². The second-order valence-electron chi connectivity index (χ2n) is 12.2. The molecule has 0 saturated carbocycles. The lowest BCUT2D eigenvalue weighted by atomic mass is 10.1. The first-order valence-corrected chi connectivity index (χ1v) is 23.0. The van der Waals surface area contributed by atoms with Crippen LogP contribution in [0.5, 0.6) is 23.0 Å². The molecule has 30 heteroatoms. The summed E-state index contributed by atoms with van der Waals surface area (Å²) in [6.07, 6.45) is -1.38. The molecule has 63 heavy (non-hydrogen) atoms. The van der Waals surface area contributed by atoms with Crippen molar-refractivity contribution in [2.75, 3.05) is 50.4 Å². The van der Waals surface area contributed by atoms with Crippen LogP contribution < -0.4 is 20.1 Å². The molecule has 0 aliphatic heterocycles. The maximum Gasteiger partial charge on any atom is 0.315 e. The number of aromatic nitrogens is 3. The second-order valence-corrected chi connectivity index (χ2v) is 18.5. The molecule has 0 aliphatic carbocycles. The number of aromatic hydroxyl groups is 2. The third-order valence-corrected chi connectivity index (χ3v) is 12.0. The predicted molar refractivity (Wildman–Crippen MR) is 217 cm³/mol. The maximum absolute atomic E-state index is 14.5. The number of rotatable bonds is 19. The highest BCUT2D eigenvalue weighted by molar-refractivity contribution is 7.94. The van der Waals surface area contributed by atoms with Crippen molar-refractivity contribution in [1.29, 1.82) is 0 Å². The van der Waals surface area contributed by atoms with E-state index in [0.717, 1.165) is 41.8 Å². The lowest BCUT2D eigenvalue weighted by Gasteiger charge is -2.15. The standard InChI is InChI=1S/C33H32FN9O16S4/c1-4-60(46,47)12-11-59-10-9-35-32-37-31(34)38-33(39-32)36-20-7-6-18-19(30(20)63(54,55)56)14-27(62(51,52)53)28(29(18)45)43-41-22-16-26(58-3)25(57-2)15-21(22)40-42-23-13-17(61(48,49)50)5-8-24(23)44/h4-8,13-16,44-45H,1,9-12H2,2-3H3,(H,48,49,50)(H,51,52,53)(H,54,55,56)(H2,35,36,37,38,39). The molecule has 7 N–H and O–H groups in total. The molecule has 25 nitrogen and oxygen atoms in total. The van der Waals surface area contributed by atoms with Gasteiger partial charge in [-0.05, 0) is 36.4 Å². The zero-order valence-electron chi connectivity index (χ0n) is 32.1. The van der Waals surface area contributed by atoms with Crippen LogP contribution in [0.2, 0.25) is 0 Å². The molecule has 0 bridgehead atoms. The summed E-state index contributed by atoms with van der Waals surface area (Å²) in [6, 6.07) is 7.37. The number of phenolic OH excluding ortho intramolecular Hbond substituents is 2.